The number of carbonyl (C=O) groups is 2. The third-order valence-corrected chi connectivity index (χ3v) is 7.10. The SMILES string of the molecule is C=CCn1c(SCC(=O)Nc2scc(-c3ccccc3)c2C(=O)OC)nnc1-c1ccc(Cl)cc1. The Labute approximate surface area is 215 Å². The summed E-state index contributed by atoms with van der Waals surface area (Å²) in [5.41, 5.74) is 2.77. The van der Waals surface area contributed by atoms with Crippen LogP contribution in [0.2, 0.25) is 5.02 Å². The van der Waals surface area contributed by atoms with E-state index in [1.807, 2.05) is 52.4 Å². The Morgan fingerprint density at radius 2 is 1.89 bits per heavy atom. The van der Waals surface area contributed by atoms with Crippen LogP contribution in [0, 0.1) is 0 Å². The maximum Gasteiger partial charge on any atom is 0.341 e. The van der Waals surface area contributed by atoms with Crippen LogP contribution in [0.25, 0.3) is 22.5 Å². The van der Waals surface area contributed by atoms with Crippen molar-refractivity contribution in [2.75, 3.05) is 18.2 Å². The number of esters is 1. The number of halogens is 1. The summed E-state index contributed by atoms with van der Waals surface area (Å²) < 4.78 is 6.86. The second-order valence-corrected chi connectivity index (χ2v) is 9.52. The molecule has 7 nitrogen and oxygen atoms in total. The Balaban J connectivity index is 1.51. The van der Waals surface area contributed by atoms with Crippen LogP contribution in [0.4, 0.5) is 5.00 Å². The molecule has 0 saturated heterocycles. The molecule has 0 atom stereocenters. The number of carbonyl (C=O) groups excluding carboxylic acids is 2. The van der Waals surface area contributed by atoms with E-state index in [1.54, 1.807) is 18.2 Å². The molecule has 10 heteroatoms. The van der Waals surface area contributed by atoms with Gasteiger partial charge in [-0.2, -0.15) is 0 Å². The second-order valence-electron chi connectivity index (χ2n) is 7.26. The van der Waals surface area contributed by atoms with Gasteiger partial charge in [0.05, 0.1) is 12.9 Å². The number of anilines is 1. The van der Waals surface area contributed by atoms with Gasteiger partial charge in [-0.15, -0.1) is 28.1 Å². The Kier molecular flexibility index (Phi) is 8.02. The molecule has 0 fully saturated rings. The lowest BCUT2D eigenvalue weighted by Gasteiger charge is -2.09. The molecule has 0 saturated carbocycles. The minimum Gasteiger partial charge on any atom is -0.465 e. The lowest BCUT2D eigenvalue weighted by atomic mass is 10.0. The number of thiophene rings is 1. The molecule has 0 aliphatic rings. The van der Waals surface area contributed by atoms with Crippen molar-refractivity contribution in [2.24, 2.45) is 0 Å². The van der Waals surface area contributed by atoms with Gasteiger partial charge >= 0.3 is 5.97 Å². The maximum absolute atomic E-state index is 12.8. The Bertz CT molecular complexity index is 1350. The van der Waals surface area contributed by atoms with Crippen molar-refractivity contribution in [3.63, 3.8) is 0 Å². The van der Waals surface area contributed by atoms with Crippen LogP contribution in [-0.2, 0) is 16.1 Å². The lowest BCUT2D eigenvalue weighted by Crippen LogP contribution is -2.16. The van der Waals surface area contributed by atoms with Gasteiger partial charge in [-0.25, -0.2) is 4.79 Å². The van der Waals surface area contributed by atoms with Gasteiger partial charge in [-0.1, -0.05) is 59.8 Å². The minimum absolute atomic E-state index is 0.0784. The van der Waals surface area contributed by atoms with Crippen molar-refractivity contribution in [3.05, 3.63) is 83.2 Å². The first-order valence-corrected chi connectivity index (χ1v) is 12.7. The number of amides is 1. The highest BCUT2D eigenvalue weighted by molar-refractivity contribution is 7.99. The first-order chi connectivity index (χ1) is 17.0. The van der Waals surface area contributed by atoms with Crippen molar-refractivity contribution in [1.82, 2.24) is 14.8 Å². The number of hydrogen-bond donors (Lipinski definition) is 1. The van der Waals surface area contributed by atoms with Gasteiger partial charge in [-0.3, -0.25) is 9.36 Å². The molecule has 4 aromatic rings. The number of nitrogens with one attached hydrogen (secondary N) is 1. The number of ether oxygens (including phenoxy) is 1. The minimum atomic E-state index is -0.508. The zero-order chi connectivity index (χ0) is 24.8. The second kappa shape index (κ2) is 11.4. The Hall–Kier alpha value is -3.40. The van der Waals surface area contributed by atoms with Crippen molar-refractivity contribution in [2.45, 2.75) is 11.7 Å². The van der Waals surface area contributed by atoms with Crippen LogP contribution in [0.1, 0.15) is 10.4 Å². The molecule has 0 aliphatic heterocycles. The van der Waals surface area contributed by atoms with Crippen molar-refractivity contribution >= 4 is 51.6 Å². The summed E-state index contributed by atoms with van der Waals surface area (Å²) in [7, 11) is 1.32. The summed E-state index contributed by atoms with van der Waals surface area (Å²) in [5, 5.41) is 14.9. The van der Waals surface area contributed by atoms with Crippen LogP contribution in [0.3, 0.4) is 0 Å². The fourth-order valence-corrected chi connectivity index (χ4v) is 5.23. The lowest BCUT2D eigenvalue weighted by molar-refractivity contribution is -0.113. The average Bonchev–Trinajstić information content (AvgIpc) is 3.48. The predicted molar refractivity (Wildman–Crippen MR) is 141 cm³/mol. The van der Waals surface area contributed by atoms with Gasteiger partial charge in [0.1, 0.15) is 10.6 Å². The van der Waals surface area contributed by atoms with Crippen molar-refractivity contribution in [3.8, 4) is 22.5 Å². The van der Waals surface area contributed by atoms with E-state index in [2.05, 4.69) is 22.1 Å². The summed E-state index contributed by atoms with van der Waals surface area (Å²) in [5.74, 6) is -0.0489. The number of benzene rings is 2. The molecular weight excluding hydrogens is 504 g/mol. The van der Waals surface area contributed by atoms with E-state index in [4.69, 9.17) is 16.3 Å². The fourth-order valence-electron chi connectivity index (χ4n) is 3.38. The van der Waals surface area contributed by atoms with E-state index >= 15 is 0 Å². The van der Waals surface area contributed by atoms with E-state index < -0.39 is 5.97 Å². The molecule has 35 heavy (non-hydrogen) atoms. The van der Waals surface area contributed by atoms with Gasteiger partial charge in [0, 0.05) is 28.1 Å². The first-order valence-electron chi connectivity index (χ1n) is 10.5. The summed E-state index contributed by atoms with van der Waals surface area (Å²) in [4.78, 5) is 25.3. The van der Waals surface area contributed by atoms with Gasteiger partial charge in [0.2, 0.25) is 5.91 Å². The normalized spacial score (nSPS) is 10.7. The number of allylic oxidation sites excluding steroid dienone is 1. The largest absolute Gasteiger partial charge is 0.465 e. The highest BCUT2D eigenvalue weighted by atomic mass is 35.5. The van der Waals surface area contributed by atoms with E-state index in [1.165, 1.54) is 30.2 Å². The highest BCUT2D eigenvalue weighted by Crippen LogP contribution is 2.36. The molecule has 0 aliphatic carbocycles. The molecule has 1 amide bonds. The molecule has 0 unspecified atom stereocenters. The fraction of sp³-hybridized carbons (Fsp3) is 0.120. The van der Waals surface area contributed by atoms with E-state index in [0.717, 1.165) is 11.1 Å². The molecule has 0 radical (unpaired) electrons. The molecule has 0 spiro atoms. The number of thioether (sulfide) groups is 1. The van der Waals surface area contributed by atoms with Crippen molar-refractivity contribution in [1.29, 1.82) is 0 Å². The van der Waals surface area contributed by atoms with Gasteiger partial charge in [0.25, 0.3) is 0 Å². The third-order valence-electron chi connectivity index (χ3n) is 4.98. The molecular formula is C25H21ClN4O3S2. The van der Waals surface area contributed by atoms with Crippen molar-refractivity contribution < 1.29 is 14.3 Å². The molecule has 178 valence electrons. The smallest absolute Gasteiger partial charge is 0.341 e. The number of hydrogen-bond acceptors (Lipinski definition) is 7. The van der Waals surface area contributed by atoms with E-state index in [-0.39, 0.29) is 11.7 Å². The average molecular weight is 525 g/mol. The zero-order valence-electron chi connectivity index (χ0n) is 18.7. The van der Waals surface area contributed by atoms with Gasteiger partial charge in [-0.05, 0) is 29.8 Å². The van der Waals surface area contributed by atoms with E-state index in [9.17, 15) is 9.59 Å². The number of nitrogens with zero attached hydrogens (tertiary/aromatic N) is 3. The third kappa shape index (κ3) is 5.64. The Morgan fingerprint density at radius 3 is 2.57 bits per heavy atom. The predicted octanol–water partition coefficient (Wildman–Crippen LogP) is 6.03. The molecule has 2 aromatic heterocycles. The molecule has 2 aromatic carbocycles. The van der Waals surface area contributed by atoms with Crippen LogP contribution >= 0.6 is 34.7 Å². The molecule has 0 bridgehead atoms. The summed E-state index contributed by atoms with van der Waals surface area (Å²) in [6.07, 6.45) is 1.74. The van der Waals surface area contributed by atoms with Crippen LogP contribution in [0.5, 0.6) is 0 Å². The van der Waals surface area contributed by atoms with Gasteiger partial charge < -0.3 is 10.1 Å². The summed E-state index contributed by atoms with van der Waals surface area (Å²) in [6.45, 7) is 4.29. The number of methoxy groups -OCH3 is 1. The quantitative estimate of drug-likeness (QED) is 0.163. The number of rotatable bonds is 9. The summed E-state index contributed by atoms with van der Waals surface area (Å²) >= 11 is 8.52. The highest BCUT2D eigenvalue weighted by Gasteiger charge is 2.23. The van der Waals surface area contributed by atoms with Gasteiger partial charge in [0.15, 0.2) is 11.0 Å². The topological polar surface area (TPSA) is 86.1 Å². The molecule has 2 heterocycles. The van der Waals surface area contributed by atoms with Crippen LogP contribution in [0.15, 0.2) is 77.8 Å². The van der Waals surface area contributed by atoms with Crippen LogP contribution < -0.4 is 5.32 Å². The standard InChI is InChI=1S/C25H21ClN4O3S2/c1-3-13-30-22(17-9-11-18(26)12-10-17)28-29-25(30)35-15-20(31)27-23-21(24(32)33-2)19(14-34-23)16-7-5-4-6-8-16/h3-12,14H,1,13,15H2,2H3,(H,27,31). The maximum atomic E-state index is 12.8. The molecule has 4 rings (SSSR count). The first kappa shape index (κ1) is 24.7. The summed E-state index contributed by atoms with van der Waals surface area (Å²) in [6, 6.07) is 16.8. The zero-order valence-corrected chi connectivity index (χ0v) is 21.1. The monoisotopic (exact) mass is 524 g/mol. The Morgan fingerprint density at radius 1 is 1.14 bits per heavy atom. The van der Waals surface area contributed by atoms with Crippen LogP contribution in [-0.4, -0.2) is 39.5 Å². The molecule has 1 N–H and O–H groups in total. The van der Waals surface area contributed by atoms with E-state index in [0.29, 0.717) is 38.7 Å². The number of aromatic nitrogens is 3.